The van der Waals surface area contributed by atoms with Gasteiger partial charge in [0.15, 0.2) is 6.29 Å². The fourth-order valence-electron chi connectivity index (χ4n) is 1.08. The summed E-state index contributed by atoms with van der Waals surface area (Å²) in [6.45, 7) is -0.145. The molecular formula is C6H12O4. The molecule has 0 bridgehead atoms. The number of aliphatic hydroxyl groups excluding tert-OH is 3. The summed E-state index contributed by atoms with van der Waals surface area (Å²) in [6, 6.07) is 0. The van der Waals surface area contributed by atoms with E-state index in [-0.39, 0.29) is 13.0 Å². The summed E-state index contributed by atoms with van der Waals surface area (Å²) in [5.41, 5.74) is 0. The average molecular weight is 148 g/mol. The minimum absolute atomic E-state index is 0.145. The summed E-state index contributed by atoms with van der Waals surface area (Å²) in [5.74, 6) is 0. The summed E-state index contributed by atoms with van der Waals surface area (Å²) in [5, 5.41) is 26.5. The first-order valence-corrected chi connectivity index (χ1v) is 3.35. The molecule has 1 rings (SSSR count). The van der Waals surface area contributed by atoms with Crippen molar-refractivity contribution in [2.45, 2.75) is 31.3 Å². The van der Waals surface area contributed by atoms with Crippen LogP contribution < -0.4 is 0 Å². The van der Waals surface area contributed by atoms with Crippen LogP contribution in [0.25, 0.3) is 0 Å². The van der Waals surface area contributed by atoms with Gasteiger partial charge in [-0.2, -0.15) is 0 Å². The molecule has 1 fully saturated rings. The van der Waals surface area contributed by atoms with Gasteiger partial charge in [-0.25, -0.2) is 0 Å². The zero-order valence-corrected chi connectivity index (χ0v) is 5.60. The van der Waals surface area contributed by atoms with Gasteiger partial charge in [-0.1, -0.05) is 0 Å². The Morgan fingerprint density at radius 1 is 1.30 bits per heavy atom. The maximum atomic E-state index is 9.03. The maximum Gasteiger partial charge on any atom is 0.157 e. The first-order chi connectivity index (χ1) is 4.72. The molecule has 0 aromatic heterocycles. The molecule has 3 N–H and O–H groups in total. The molecule has 3 atom stereocenters. The Morgan fingerprint density at radius 3 is 2.50 bits per heavy atom. The third-order valence-corrected chi connectivity index (χ3v) is 1.56. The van der Waals surface area contributed by atoms with E-state index in [1.807, 2.05) is 0 Å². The normalized spacial score (nSPS) is 41.7. The van der Waals surface area contributed by atoms with Crippen LogP contribution >= 0.6 is 0 Å². The lowest BCUT2D eigenvalue weighted by Gasteiger charge is -2.28. The van der Waals surface area contributed by atoms with Gasteiger partial charge in [0.05, 0.1) is 18.8 Å². The van der Waals surface area contributed by atoms with Crippen LogP contribution in [0.2, 0.25) is 0 Å². The van der Waals surface area contributed by atoms with Crippen molar-refractivity contribution in [2.24, 2.45) is 0 Å². The molecule has 1 saturated heterocycles. The lowest BCUT2D eigenvalue weighted by atomic mass is 10.1. The largest absolute Gasteiger partial charge is 0.394 e. The van der Waals surface area contributed by atoms with E-state index in [9.17, 15) is 0 Å². The predicted octanol–water partition coefficient (Wildman–Crippen LogP) is -1.16. The summed E-state index contributed by atoms with van der Waals surface area (Å²) in [4.78, 5) is 0. The van der Waals surface area contributed by atoms with Gasteiger partial charge in [0.2, 0.25) is 0 Å². The van der Waals surface area contributed by atoms with E-state index in [1.54, 1.807) is 0 Å². The van der Waals surface area contributed by atoms with E-state index in [0.29, 0.717) is 6.42 Å². The molecule has 10 heavy (non-hydrogen) atoms. The van der Waals surface area contributed by atoms with Gasteiger partial charge in [0.25, 0.3) is 0 Å². The van der Waals surface area contributed by atoms with Crippen molar-refractivity contribution in [3.05, 3.63) is 0 Å². The lowest BCUT2D eigenvalue weighted by Crippen LogP contribution is -2.37. The molecule has 0 radical (unpaired) electrons. The van der Waals surface area contributed by atoms with E-state index in [2.05, 4.69) is 0 Å². The Balaban J connectivity index is 2.35. The Hall–Kier alpha value is -0.160. The molecule has 1 heterocycles. The number of hydrogen-bond donors (Lipinski definition) is 3. The van der Waals surface area contributed by atoms with Gasteiger partial charge in [0, 0.05) is 12.8 Å². The highest BCUT2D eigenvalue weighted by Gasteiger charge is 2.25. The third-order valence-electron chi connectivity index (χ3n) is 1.56. The smallest absolute Gasteiger partial charge is 0.157 e. The van der Waals surface area contributed by atoms with Gasteiger partial charge in [0.1, 0.15) is 0 Å². The fraction of sp³-hybridized carbons (Fsp3) is 1.00. The van der Waals surface area contributed by atoms with Crippen molar-refractivity contribution < 1.29 is 20.1 Å². The van der Waals surface area contributed by atoms with E-state index < -0.39 is 18.5 Å². The van der Waals surface area contributed by atoms with Crippen LogP contribution in [0.4, 0.5) is 0 Å². The zero-order valence-electron chi connectivity index (χ0n) is 5.60. The van der Waals surface area contributed by atoms with Gasteiger partial charge in [-0.3, -0.25) is 0 Å². The molecular weight excluding hydrogens is 136 g/mol. The average Bonchev–Trinajstić information content (AvgIpc) is 1.85. The van der Waals surface area contributed by atoms with Gasteiger partial charge in [-0.05, 0) is 0 Å². The highest BCUT2D eigenvalue weighted by molar-refractivity contribution is 4.71. The van der Waals surface area contributed by atoms with Crippen molar-refractivity contribution >= 4 is 0 Å². The van der Waals surface area contributed by atoms with Gasteiger partial charge >= 0.3 is 0 Å². The summed E-state index contributed by atoms with van der Waals surface area (Å²) < 4.78 is 4.85. The summed E-state index contributed by atoms with van der Waals surface area (Å²) in [6.07, 6.45) is -1.20. The molecule has 1 aliphatic rings. The maximum absolute atomic E-state index is 9.03. The Morgan fingerprint density at radius 2 is 2.00 bits per heavy atom. The summed E-state index contributed by atoms with van der Waals surface area (Å²) in [7, 11) is 0. The van der Waals surface area contributed by atoms with Crippen LogP contribution in [-0.4, -0.2) is 40.4 Å². The molecule has 0 aromatic rings. The van der Waals surface area contributed by atoms with Crippen LogP contribution in [-0.2, 0) is 4.74 Å². The highest BCUT2D eigenvalue weighted by atomic mass is 16.6. The lowest BCUT2D eigenvalue weighted by molar-refractivity contribution is -0.197. The predicted molar refractivity (Wildman–Crippen MR) is 33.2 cm³/mol. The molecule has 4 nitrogen and oxygen atoms in total. The molecule has 0 spiro atoms. The molecule has 1 aliphatic heterocycles. The van der Waals surface area contributed by atoms with E-state index in [0.717, 1.165) is 0 Å². The SMILES string of the molecule is OC[C@@H]1C[C@@H](O)CC(O)O1. The first-order valence-electron chi connectivity index (χ1n) is 3.35. The van der Waals surface area contributed by atoms with E-state index in [4.69, 9.17) is 20.1 Å². The Bertz CT molecular complexity index is 95.9. The molecule has 1 unspecified atom stereocenters. The highest BCUT2D eigenvalue weighted by Crippen LogP contribution is 2.17. The number of rotatable bonds is 1. The molecule has 0 amide bonds. The second-order valence-corrected chi connectivity index (χ2v) is 2.52. The van der Waals surface area contributed by atoms with Crippen molar-refractivity contribution in [1.29, 1.82) is 0 Å². The Kier molecular flexibility index (Phi) is 2.62. The standard InChI is InChI=1S/C6H12O4/c7-3-5-1-4(8)2-6(9)10-5/h4-9H,1-3H2/t4-,5+,6?/m1/s1. The number of hydrogen-bond acceptors (Lipinski definition) is 4. The fourth-order valence-corrected chi connectivity index (χ4v) is 1.08. The minimum atomic E-state index is -0.916. The van der Waals surface area contributed by atoms with Crippen LogP contribution in [0.15, 0.2) is 0 Å². The molecule has 60 valence electrons. The third kappa shape index (κ3) is 1.91. The Labute approximate surface area is 59.1 Å². The van der Waals surface area contributed by atoms with Crippen LogP contribution in [0.1, 0.15) is 12.8 Å². The van der Waals surface area contributed by atoms with E-state index >= 15 is 0 Å². The monoisotopic (exact) mass is 148 g/mol. The molecule has 0 aliphatic carbocycles. The molecule has 0 saturated carbocycles. The van der Waals surface area contributed by atoms with Crippen LogP contribution in [0.3, 0.4) is 0 Å². The quantitative estimate of drug-likeness (QED) is 0.438. The van der Waals surface area contributed by atoms with Gasteiger partial charge < -0.3 is 20.1 Å². The van der Waals surface area contributed by atoms with Crippen LogP contribution in [0.5, 0.6) is 0 Å². The molecule has 0 aromatic carbocycles. The number of ether oxygens (including phenoxy) is 1. The van der Waals surface area contributed by atoms with Crippen molar-refractivity contribution in [3.8, 4) is 0 Å². The molecule has 4 heteroatoms. The van der Waals surface area contributed by atoms with Crippen molar-refractivity contribution in [2.75, 3.05) is 6.61 Å². The van der Waals surface area contributed by atoms with Crippen molar-refractivity contribution in [1.82, 2.24) is 0 Å². The topological polar surface area (TPSA) is 69.9 Å². The second kappa shape index (κ2) is 3.30. The second-order valence-electron chi connectivity index (χ2n) is 2.52. The summed E-state index contributed by atoms with van der Waals surface area (Å²) >= 11 is 0. The van der Waals surface area contributed by atoms with Crippen LogP contribution in [0, 0.1) is 0 Å². The minimum Gasteiger partial charge on any atom is -0.394 e. The van der Waals surface area contributed by atoms with Gasteiger partial charge in [-0.15, -0.1) is 0 Å². The number of aliphatic hydroxyl groups is 3. The van der Waals surface area contributed by atoms with E-state index in [1.165, 1.54) is 0 Å². The zero-order chi connectivity index (χ0) is 7.56. The van der Waals surface area contributed by atoms with Crippen molar-refractivity contribution in [3.63, 3.8) is 0 Å². The first kappa shape index (κ1) is 7.94.